The van der Waals surface area contributed by atoms with E-state index in [0.717, 1.165) is 23.6 Å². The highest BCUT2D eigenvalue weighted by Crippen LogP contribution is 2.30. The van der Waals surface area contributed by atoms with Crippen LogP contribution < -0.4 is 14.2 Å². The van der Waals surface area contributed by atoms with Crippen molar-refractivity contribution in [1.29, 1.82) is 0 Å². The third-order valence-electron chi connectivity index (χ3n) is 4.57. The van der Waals surface area contributed by atoms with Gasteiger partial charge in [0.1, 0.15) is 24.0 Å². The second-order valence-electron chi connectivity index (χ2n) is 6.57. The van der Waals surface area contributed by atoms with Gasteiger partial charge in [-0.1, -0.05) is 36.0 Å². The van der Waals surface area contributed by atoms with Gasteiger partial charge in [0.05, 0.1) is 11.6 Å². The van der Waals surface area contributed by atoms with Crippen molar-refractivity contribution in [3.05, 3.63) is 53.1 Å². The lowest BCUT2D eigenvalue weighted by Crippen LogP contribution is -2.34. The molecule has 0 radical (unpaired) electrons. The first-order valence-electron chi connectivity index (χ1n) is 9.75. The van der Waals surface area contributed by atoms with Crippen LogP contribution in [-0.4, -0.2) is 42.8 Å². The summed E-state index contributed by atoms with van der Waals surface area (Å²) in [5, 5.41) is 0.591. The quantitative estimate of drug-likeness (QED) is 0.424. The number of ether oxygens (including phenoxy) is 3. The fourth-order valence-corrected chi connectivity index (χ4v) is 3.67. The lowest BCUT2D eigenvalue weighted by molar-refractivity contribution is 0.208. The molecule has 1 aliphatic rings. The van der Waals surface area contributed by atoms with Gasteiger partial charge in [-0.25, -0.2) is 0 Å². The molecule has 0 aliphatic carbocycles. The van der Waals surface area contributed by atoms with Crippen LogP contribution in [0.5, 0.6) is 17.2 Å². The SMILES string of the molecule is CCOc1cc(C(=S)N2CCCCC2)ccc1OCCOc1ccccc1Cl. The van der Waals surface area contributed by atoms with E-state index in [0.29, 0.717) is 42.1 Å². The monoisotopic (exact) mass is 419 g/mol. The summed E-state index contributed by atoms with van der Waals surface area (Å²) in [6, 6.07) is 13.3. The molecule has 28 heavy (non-hydrogen) atoms. The number of hydrogen-bond acceptors (Lipinski definition) is 4. The average Bonchev–Trinajstić information content (AvgIpc) is 2.73. The molecular weight excluding hydrogens is 394 g/mol. The first kappa shape index (κ1) is 20.7. The molecule has 0 unspecified atom stereocenters. The zero-order valence-corrected chi connectivity index (χ0v) is 17.7. The lowest BCUT2D eigenvalue weighted by Gasteiger charge is -2.29. The second-order valence-corrected chi connectivity index (χ2v) is 7.37. The predicted molar refractivity (Wildman–Crippen MR) is 117 cm³/mol. The van der Waals surface area contributed by atoms with Crippen molar-refractivity contribution in [1.82, 2.24) is 4.90 Å². The molecular formula is C22H26ClNO3S. The number of hydrogen-bond donors (Lipinski definition) is 0. The standard InChI is InChI=1S/C22H26ClNO3S/c1-2-25-21-16-17(22(28)24-12-6-3-7-13-24)10-11-20(21)27-15-14-26-19-9-5-4-8-18(19)23/h4-5,8-11,16H,2-3,6-7,12-15H2,1H3. The molecule has 1 fully saturated rings. The van der Waals surface area contributed by atoms with Crippen LogP contribution in [-0.2, 0) is 0 Å². The Morgan fingerprint density at radius 1 is 0.929 bits per heavy atom. The Kier molecular flexibility index (Phi) is 7.80. The fourth-order valence-electron chi connectivity index (χ4n) is 3.17. The third-order valence-corrected chi connectivity index (χ3v) is 5.38. The van der Waals surface area contributed by atoms with Crippen LogP contribution >= 0.6 is 23.8 Å². The molecule has 2 aromatic carbocycles. The normalized spacial score (nSPS) is 13.9. The van der Waals surface area contributed by atoms with E-state index in [1.807, 2.05) is 43.3 Å². The van der Waals surface area contributed by atoms with E-state index in [9.17, 15) is 0 Å². The van der Waals surface area contributed by atoms with Gasteiger partial charge in [0.15, 0.2) is 11.5 Å². The lowest BCUT2D eigenvalue weighted by atomic mass is 10.1. The van der Waals surface area contributed by atoms with E-state index < -0.39 is 0 Å². The Morgan fingerprint density at radius 2 is 1.64 bits per heavy atom. The summed E-state index contributed by atoms with van der Waals surface area (Å²) in [4.78, 5) is 3.16. The third kappa shape index (κ3) is 5.52. The van der Waals surface area contributed by atoms with Gasteiger partial charge in [-0.05, 0) is 56.5 Å². The molecule has 0 spiro atoms. The molecule has 150 valence electrons. The Labute approximate surface area is 177 Å². The molecule has 3 rings (SSSR count). The molecule has 2 aromatic rings. The van der Waals surface area contributed by atoms with Crippen LogP contribution in [0.25, 0.3) is 0 Å². The van der Waals surface area contributed by atoms with Gasteiger partial charge in [-0.15, -0.1) is 0 Å². The first-order valence-corrected chi connectivity index (χ1v) is 10.5. The number of nitrogens with zero attached hydrogens (tertiary/aromatic N) is 1. The van der Waals surface area contributed by atoms with Crippen LogP contribution in [0.2, 0.25) is 5.02 Å². The van der Waals surface area contributed by atoms with Gasteiger partial charge < -0.3 is 19.1 Å². The summed E-state index contributed by atoms with van der Waals surface area (Å²) in [6.07, 6.45) is 3.68. The molecule has 0 bridgehead atoms. The van der Waals surface area contributed by atoms with E-state index in [1.54, 1.807) is 6.07 Å². The van der Waals surface area contributed by atoms with Crippen LogP contribution in [0.4, 0.5) is 0 Å². The minimum Gasteiger partial charge on any atom is -0.490 e. The van der Waals surface area contributed by atoms with Gasteiger partial charge in [0.2, 0.25) is 0 Å². The number of benzene rings is 2. The van der Waals surface area contributed by atoms with E-state index in [2.05, 4.69) is 4.90 Å². The number of piperidine rings is 1. The maximum Gasteiger partial charge on any atom is 0.161 e. The second kappa shape index (κ2) is 10.5. The number of halogens is 1. The zero-order chi connectivity index (χ0) is 19.8. The average molecular weight is 420 g/mol. The minimum atomic E-state index is 0.390. The Morgan fingerprint density at radius 3 is 2.36 bits per heavy atom. The first-order chi connectivity index (χ1) is 13.7. The van der Waals surface area contributed by atoms with Gasteiger partial charge >= 0.3 is 0 Å². The molecule has 0 aromatic heterocycles. The highest BCUT2D eigenvalue weighted by atomic mass is 35.5. The molecule has 0 saturated carbocycles. The van der Waals surface area contributed by atoms with E-state index in [-0.39, 0.29) is 0 Å². The van der Waals surface area contributed by atoms with Gasteiger partial charge in [0.25, 0.3) is 0 Å². The van der Waals surface area contributed by atoms with E-state index >= 15 is 0 Å². The van der Waals surface area contributed by atoms with Crippen LogP contribution in [0.15, 0.2) is 42.5 Å². The predicted octanol–water partition coefficient (Wildman–Crippen LogP) is 5.36. The smallest absolute Gasteiger partial charge is 0.161 e. The van der Waals surface area contributed by atoms with Crippen molar-refractivity contribution < 1.29 is 14.2 Å². The van der Waals surface area contributed by atoms with Crippen molar-refractivity contribution in [3.8, 4) is 17.2 Å². The zero-order valence-electron chi connectivity index (χ0n) is 16.2. The largest absolute Gasteiger partial charge is 0.490 e. The highest BCUT2D eigenvalue weighted by molar-refractivity contribution is 7.80. The number of likely N-dealkylation sites (tertiary alicyclic amines) is 1. The summed E-state index contributed by atoms with van der Waals surface area (Å²) in [7, 11) is 0. The molecule has 0 amide bonds. The number of thiocarbonyl (C=S) groups is 1. The molecule has 4 nitrogen and oxygen atoms in total. The molecule has 6 heteroatoms. The molecule has 1 aliphatic heterocycles. The summed E-state index contributed by atoms with van der Waals surface area (Å²) < 4.78 is 17.3. The highest BCUT2D eigenvalue weighted by Gasteiger charge is 2.17. The van der Waals surface area contributed by atoms with Gasteiger partial charge in [-0.2, -0.15) is 0 Å². The van der Waals surface area contributed by atoms with Crippen molar-refractivity contribution in [2.45, 2.75) is 26.2 Å². The minimum absolute atomic E-state index is 0.390. The summed E-state index contributed by atoms with van der Waals surface area (Å²) >= 11 is 11.8. The molecule has 0 N–H and O–H groups in total. The van der Waals surface area contributed by atoms with Crippen molar-refractivity contribution in [2.24, 2.45) is 0 Å². The van der Waals surface area contributed by atoms with E-state index in [4.69, 9.17) is 38.0 Å². The van der Waals surface area contributed by atoms with Gasteiger partial charge in [-0.3, -0.25) is 0 Å². The summed E-state index contributed by atoms with van der Waals surface area (Å²) in [5.41, 5.74) is 1.00. The maximum absolute atomic E-state index is 6.10. The van der Waals surface area contributed by atoms with Crippen LogP contribution in [0.3, 0.4) is 0 Å². The molecule has 1 heterocycles. The fraction of sp³-hybridized carbons (Fsp3) is 0.409. The maximum atomic E-state index is 6.10. The van der Waals surface area contributed by atoms with Crippen LogP contribution in [0.1, 0.15) is 31.7 Å². The van der Waals surface area contributed by atoms with Crippen molar-refractivity contribution in [2.75, 3.05) is 32.9 Å². The van der Waals surface area contributed by atoms with E-state index in [1.165, 1.54) is 19.3 Å². The van der Waals surface area contributed by atoms with Gasteiger partial charge in [0, 0.05) is 18.7 Å². The molecule has 0 atom stereocenters. The Bertz CT molecular complexity index is 793. The number of rotatable bonds is 8. The Hall–Kier alpha value is -1.98. The Balaban J connectivity index is 1.60. The van der Waals surface area contributed by atoms with Crippen LogP contribution in [0, 0.1) is 0 Å². The van der Waals surface area contributed by atoms with Crippen molar-refractivity contribution in [3.63, 3.8) is 0 Å². The summed E-state index contributed by atoms with van der Waals surface area (Å²) in [6.45, 7) is 5.36. The number of para-hydroxylation sites is 1. The topological polar surface area (TPSA) is 30.9 Å². The molecule has 1 saturated heterocycles. The van der Waals surface area contributed by atoms with Crippen molar-refractivity contribution >= 4 is 28.8 Å². The summed E-state index contributed by atoms with van der Waals surface area (Å²) in [5.74, 6) is 2.05.